The van der Waals surface area contributed by atoms with Crippen molar-refractivity contribution in [3.63, 3.8) is 0 Å². The molecule has 15 heavy (non-hydrogen) atoms. The predicted octanol–water partition coefficient (Wildman–Crippen LogP) is 2.40. The summed E-state index contributed by atoms with van der Waals surface area (Å²) in [6.07, 6.45) is 2.29. The van der Waals surface area contributed by atoms with Gasteiger partial charge in [-0.05, 0) is 31.0 Å². The van der Waals surface area contributed by atoms with Gasteiger partial charge in [0.2, 0.25) is 0 Å². The molecule has 1 aromatic heterocycles. The Bertz CT molecular complexity index is 540. The van der Waals surface area contributed by atoms with Crippen LogP contribution in [0.4, 0.5) is 0 Å². The Labute approximate surface area is 85.5 Å². The van der Waals surface area contributed by atoms with E-state index in [9.17, 15) is 4.79 Å². The highest BCUT2D eigenvalue weighted by Crippen LogP contribution is 2.43. The second kappa shape index (κ2) is 2.82. The topological polar surface area (TPSA) is 63.3 Å². The van der Waals surface area contributed by atoms with Gasteiger partial charge in [0.1, 0.15) is 11.3 Å². The first kappa shape index (κ1) is 8.47. The van der Waals surface area contributed by atoms with E-state index in [2.05, 4.69) is 5.16 Å². The van der Waals surface area contributed by atoms with Gasteiger partial charge >= 0.3 is 5.97 Å². The fraction of sp³-hybridized carbons (Fsp3) is 0.273. The lowest BCUT2D eigenvalue weighted by Gasteiger charge is -1.93. The first-order chi connectivity index (χ1) is 7.25. The number of hydrogen-bond donors (Lipinski definition) is 1. The largest absolute Gasteiger partial charge is 0.478 e. The molecule has 0 atom stereocenters. The van der Waals surface area contributed by atoms with Crippen molar-refractivity contribution in [2.24, 2.45) is 0 Å². The third kappa shape index (κ3) is 1.29. The summed E-state index contributed by atoms with van der Waals surface area (Å²) in [4.78, 5) is 10.7. The van der Waals surface area contributed by atoms with E-state index in [-0.39, 0.29) is 5.56 Å². The summed E-state index contributed by atoms with van der Waals surface area (Å²) >= 11 is 0. The van der Waals surface area contributed by atoms with Crippen molar-refractivity contribution < 1.29 is 14.4 Å². The zero-order chi connectivity index (χ0) is 10.4. The third-order valence-electron chi connectivity index (χ3n) is 2.70. The molecule has 1 aliphatic carbocycles. The molecule has 2 aromatic rings. The van der Waals surface area contributed by atoms with Crippen LogP contribution in [0.2, 0.25) is 0 Å². The van der Waals surface area contributed by atoms with Crippen LogP contribution in [0.15, 0.2) is 22.7 Å². The van der Waals surface area contributed by atoms with E-state index in [1.165, 1.54) is 0 Å². The second-order valence-corrected chi connectivity index (χ2v) is 3.86. The summed E-state index contributed by atoms with van der Waals surface area (Å²) in [5, 5.41) is 13.6. The average molecular weight is 203 g/mol. The molecule has 4 nitrogen and oxygen atoms in total. The number of hydrogen-bond acceptors (Lipinski definition) is 3. The summed E-state index contributed by atoms with van der Waals surface area (Å²) in [5.41, 5.74) is 0.884. The highest BCUT2D eigenvalue weighted by atomic mass is 16.5. The summed E-state index contributed by atoms with van der Waals surface area (Å²) < 4.78 is 5.23. The Morgan fingerprint density at radius 1 is 1.47 bits per heavy atom. The Balaban J connectivity index is 2.17. The lowest BCUT2D eigenvalue weighted by Crippen LogP contribution is -1.94. The van der Waals surface area contributed by atoms with Crippen molar-refractivity contribution in [2.45, 2.75) is 18.8 Å². The number of carbonyl (C=O) groups is 1. The van der Waals surface area contributed by atoms with Gasteiger partial charge in [-0.1, -0.05) is 5.16 Å². The smallest absolute Gasteiger partial charge is 0.335 e. The van der Waals surface area contributed by atoms with Gasteiger partial charge in [-0.2, -0.15) is 0 Å². The number of aromatic carboxylic acids is 1. The summed E-state index contributed by atoms with van der Waals surface area (Å²) in [5.74, 6) is 0.459. The third-order valence-corrected chi connectivity index (χ3v) is 2.70. The van der Waals surface area contributed by atoms with Crippen molar-refractivity contribution in [2.75, 3.05) is 0 Å². The van der Waals surface area contributed by atoms with Crippen LogP contribution in [0.25, 0.3) is 10.9 Å². The molecule has 76 valence electrons. The molecular formula is C11H9NO3. The summed E-state index contributed by atoms with van der Waals surface area (Å²) in [6.45, 7) is 0. The van der Waals surface area contributed by atoms with Crippen LogP contribution < -0.4 is 0 Å². The van der Waals surface area contributed by atoms with Crippen LogP contribution in [0.1, 0.15) is 34.9 Å². The molecule has 1 aromatic carbocycles. The standard InChI is InChI=1S/C11H9NO3/c13-11(14)7-3-4-8-9(5-7)12-15-10(8)6-1-2-6/h3-6H,1-2H2,(H,13,14). The van der Waals surface area contributed by atoms with Crippen molar-refractivity contribution in [1.82, 2.24) is 5.16 Å². The molecule has 0 radical (unpaired) electrons. The first-order valence-electron chi connectivity index (χ1n) is 4.88. The van der Waals surface area contributed by atoms with Crippen molar-refractivity contribution in [1.29, 1.82) is 0 Å². The number of carboxylic acid groups (broad SMARTS) is 1. The molecule has 1 saturated carbocycles. The molecule has 1 N–H and O–H groups in total. The molecule has 1 heterocycles. The van der Waals surface area contributed by atoms with Crippen LogP contribution in [-0.2, 0) is 0 Å². The van der Waals surface area contributed by atoms with Crippen molar-refractivity contribution in [3.8, 4) is 0 Å². The Morgan fingerprint density at radius 2 is 2.27 bits per heavy atom. The SMILES string of the molecule is O=C(O)c1ccc2c(C3CC3)onc2c1. The van der Waals surface area contributed by atoms with Crippen LogP contribution in [0.3, 0.4) is 0 Å². The van der Waals surface area contributed by atoms with Crippen molar-refractivity contribution >= 4 is 16.9 Å². The number of aromatic nitrogens is 1. The average Bonchev–Trinajstić information content (AvgIpc) is 2.98. The lowest BCUT2D eigenvalue weighted by atomic mass is 10.1. The maximum absolute atomic E-state index is 10.7. The molecule has 4 heteroatoms. The zero-order valence-corrected chi connectivity index (χ0v) is 7.93. The summed E-state index contributed by atoms with van der Waals surface area (Å²) in [7, 11) is 0. The Hall–Kier alpha value is -1.84. The van der Waals surface area contributed by atoms with Gasteiger partial charge < -0.3 is 9.63 Å². The van der Waals surface area contributed by atoms with E-state index in [4.69, 9.17) is 9.63 Å². The quantitative estimate of drug-likeness (QED) is 0.813. The number of rotatable bonds is 2. The van der Waals surface area contributed by atoms with Crippen LogP contribution in [0, 0.1) is 0 Å². The van der Waals surface area contributed by atoms with Crippen LogP contribution in [0.5, 0.6) is 0 Å². The number of nitrogens with zero attached hydrogens (tertiary/aromatic N) is 1. The van der Waals surface area contributed by atoms with E-state index in [1.807, 2.05) is 0 Å². The molecule has 0 aliphatic heterocycles. The zero-order valence-electron chi connectivity index (χ0n) is 7.93. The van der Waals surface area contributed by atoms with Gasteiger partial charge in [-0.15, -0.1) is 0 Å². The molecule has 0 amide bonds. The molecule has 0 bridgehead atoms. The van der Waals surface area contributed by atoms with Gasteiger partial charge in [-0.25, -0.2) is 4.79 Å². The Kier molecular flexibility index (Phi) is 1.59. The van der Waals surface area contributed by atoms with Crippen LogP contribution in [-0.4, -0.2) is 16.2 Å². The van der Waals surface area contributed by atoms with E-state index < -0.39 is 5.97 Å². The number of carboxylic acids is 1. The van der Waals surface area contributed by atoms with Crippen LogP contribution >= 0.6 is 0 Å². The Morgan fingerprint density at radius 3 is 2.93 bits per heavy atom. The van der Waals surface area contributed by atoms with E-state index in [0.29, 0.717) is 11.4 Å². The monoisotopic (exact) mass is 203 g/mol. The maximum Gasteiger partial charge on any atom is 0.335 e. The minimum atomic E-state index is -0.937. The van der Waals surface area contributed by atoms with Gasteiger partial charge in [0.25, 0.3) is 0 Å². The molecule has 0 unspecified atom stereocenters. The molecule has 0 spiro atoms. The van der Waals surface area contributed by atoms with Crippen molar-refractivity contribution in [3.05, 3.63) is 29.5 Å². The fourth-order valence-electron chi connectivity index (χ4n) is 1.74. The first-order valence-corrected chi connectivity index (χ1v) is 4.88. The molecule has 1 aliphatic rings. The molecule has 0 saturated heterocycles. The van der Waals surface area contributed by atoms with E-state index in [0.717, 1.165) is 24.0 Å². The fourth-order valence-corrected chi connectivity index (χ4v) is 1.74. The normalized spacial score (nSPS) is 15.7. The highest BCUT2D eigenvalue weighted by Gasteiger charge is 2.29. The minimum absolute atomic E-state index is 0.248. The number of fused-ring (bicyclic) bond motifs is 1. The predicted molar refractivity (Wildman–Crippen MR) is 52.9 cm³/mol. The second-order valence-electron chi connectivity index (χ2n) is 3.86. The van der Waals surface area contributed by atoms with E-state index in [1.54, 1.807) is 18.2 Å². The van der Waals surface area contributed by atoms with Gasteiger partial charge in [0.15, 0.2) is 0 Å². The van der Waals surface area contributed by atoms with Gasteiger partial charge in [0, 0.05) is 11.3 Å². The summed E-state index contributed by atoms with van der Waals surface area (Å²) in [6, 6.07) is 4.92. The van der Waals surface area contributed by atoms with E-state index >= 15 is 0 Å². The molecular weight excluding hydrogens is 194 g/mol. The molecule has 1 fully saturated rings. The van der Waals surface area contributed by atoms with Gasteiger partial charge in [0.05, 0.1) is 5.56 Å². The minimum Gasteiger partial charge on any atom is -0.478 e. The molecule has 3 rings (SSSR count). The van der Waals surface area contributed by atoms with Gasteiger partial charge in [-0.3, -0.25) is 0 Å². The number of benzene rings is 1. The maximum atomic E-state index is 10.7. The lowest BCUT2D eigenvalue weighted by molar-refractivity contribution is 0.0697. The highest BCUT2D eigenvalue weighted by molar-refractivity contribution is 5.93.